The number of aromatic nitrogens is 2. The van der Waals surface area contributed by atoms with Gasteiger partial charge in [0.15, 0.2) is 0 Å². The molecular formula is C15H18ClN3O2. The van der Waals surface area contributed by atoms with E-state index in [2.05, 4.69) is 9.97 Å². The lowest BCUT2D eigenvalue weighted by atomic mass is 9.92. The van der Waals surface area contributed by atoms with Crippen LogP contribution < -0.4 is 10.5 Å². The van der Waals surface area contributed by atoms with Crippen LogP contribution in [0.2, 0.25) is 5.15 Å². The fourth-order valence-corrected chi connectivity index (χ4v) is 2.51. The highest BCUT2D eigenvalue weighted by molar-refractivity contribution is 6.30. The lowest BCUT2D eigenvalue weighted by Gasteiger charge is -2.25. The van der Waals surface area contributed by atoms with Gasteiger partial charge in [-0.25, -0.2) is 9.97 Å². The Kier molecular flexibility index (Phi) is 3.73. The van der Waals surface area contributed by atoms with E-state index in [1.165, 1.54) is 0 Å². The van der Waals surface area contributed by atoms with Crippen LogP contribution in [0.15, 0.2) is 18.5 Å². The number of ether oxygens (including phenoxy) is 2. The molecule has 2 heterocycles. The molecule has 2 aromatic rings. The van der Waals surface area contributed by atoms with Gasteiger partial charge in [-0.3, -0.25) is 0 Å². The lowest BCUT2D eigenvalue weighted by molar-refractivity contribution is 0.141. The van der Waals surface area contributed by atoms with Crippen molar-refractivity contribution in [3.63, 3.8) is 0 Å². The highest BCUT2D eigenvalue weighted by Crippen LogP contribution is 2.35. The molecule has 5 nitrogen and oxygen atoms in total. The molecule has 3 rings (SSSR count). The summed E-state index contributed by atoms with van der Waals surface area (Å²) < 4.78 is 11.1. The summed E-state index contributed by atoms with van der Waals surface area (Å²) in [5.74, 6) is 0.591. The first-order valence-electron chi connectivity index (χ1n) is 6.90. The number of hydrogen-bond donors (Lipinski definition) is 1. The average Bonchev–Trinajstić information content (AvgIpc) is 3.22. The van der Waals surface area contributed by atoms with Crippen molar-refractivity contribution in [3.8, 4) is 5.88 Å². The molecular weight excluding hydrogens is 290 g/mol. The molecule has 2 aromatic heterocycles. The maximum Gasteiger partial charge on any atom is 0.223 e. The number of nitrogens with two attached hydrogens (primary N) is 1. The van der Waals surface area contributed by atoms with Crippen molar-refractivity contribution in [2.45, 2.75) is 31.4 Å². The Morgan fingerprint density at radius 2 is 2.10 bits per heavy atom. The fourth-order valence-electron chi connectivity index (χ4n) is 2.36. The van der Waals surface area contributed by atoms with Crippen molar-refractivity contribution < 1.29 is 9.47 Å². The molecule has 112 valence electrons. The quantitative estimate of drug-likeness (QED) is 0.860. The van der Waals surface area contributed by atoms with E-state index in [9.17, 15) is 0 Å². The largest absolute Gasteiger partial charge is 0.474 e. The van der Waals surface area contributed by atoms with E-state index in [0.29, 0.717) is 17.6 Å². The van der Waals surface area contributed by atoms with Crippen molar-refractivity contribution in [1.29, 1.82) is 0 Å². The second-order valence-electron chi connectivity index (χ2n) is 5.70. The van der Waals surface area contributed by atoms with Crippen LogP contribution in [0.3, 0.4) is 0 Å². The second-order valence-corrected chi connectivity index (χ2v) is 6.08. The molecule has 21 heavy (non-hydrogen) atoms. The van der Waals surface area contributed by atoms with Gasteiger partial charge in [0.1, 0.15) is 11.3 Å². The molecule has 2 N–H and O–H groups in total. The van der Waals surface area contributed by atoms with Gasteiger partial charge in [0, 0.05) is 25.1 Å². The molecule has 0 saturated heterocycles. The maximum atomic E-state index is 6.36. The van der Waals surface area contributed by atoms with Crippen LogP contribution >= 0.6 is 11.6 Å². The smallest absolute Gasteiger partial charge is 0.223 e. The molecule has 0 aromatic carbocycles. The van der Waals surface area contributed by atoms with Crippen LogP contribution in [0, 0.1) is 0 Å². The van der Waals surface area contributed by atoms with Crippen LogP contribution in [-0.2, 0) is 10.3 Å². The van der Waals surface area contributed by atoms with E-state index in [-0.39, 0.29) is 6.10 Å². The third-order valence-corrected chi connectivity index (χ3v) is 3.77. The summed E-state index contributed by atoms with van der Waals surface area (Å²) in [6.07, 6.45) is 5.85. The summed E-state index contributed by atoms with van der Waals surface area (Å²) in [6, 6.07) is 1.80. The summed E-state index contributed by atoms with van der Waals surface area (Å²) in [7, 11) is 1.62. The van der Waals surface area contributed by atoms with Gasteiger partial charge in [-0.2, -0.15) is 0 Å². The van der Waals surface area contributed by atoms with Crippen LogP contribution in [0.1, 0.15) is 25.3 Å². The predicted octanol–water partition coefficient (Wildman–Crippen LogP) is 2.64. The summed E-state index contributed by atoms with van der Waals surface area (Å²) in [5.41, 5.74) is 6.56. The molecule has 0 unspecified atom stereocenters. The molecule has 0 radical (unpaired) electrons. The standard InChI is InChI=1S/C15H18ClN3O2/c1-15(17,8-20-2)12-7-19-14(21-9-3-4-9)11-6-18-13(16)5-10(11)12/h5-7,9H,3-4,8,17H2,1-2H3/t15-/m1/s1. The Balaban J connectivity index is 2.14. The fraction of sp³-hybridized carbons (Fsp3) is 0.467. The Morgan fingerprint density at radius 3 is 2.76 bits per heavy atom. The summed E-state index contributed by atoms with van der Waals surface area (Å²) in [4.78, 5) is 8.56. The highest BCUT2D eigenvalue weighted by atomic mass is 35.5. The van der Waals surface area contributed by atoms with Gasteiger partial charge < -0.3 is 15.2 Å². The van der Waals surface area contributed by atoms with Crippen molar-refractivity contribution in [1.82, 2.24) is 9.97 Å². The maximum absolute atomic E-state index is 6.36. The first-order valence-corrected chi connectivity index (χ1v) is 7.28. The van der Waals surface area contributed by atoms with Gasteiger partial charge in [0.25, 0.3) is 0 Å². The zero-order valence-electron chi connectivity index (χ0n) is 12.1. The lowest BCUT2D eigenvalue weighted by Crippen LogP contribution is -2.38. The third-order valence-electron chi connectivity index (χ3n) is 3.56. The molecule has 1 aliphatic rings. The molecule has 0 aliphatic heterocycles. The minimum atomic E-state index is -0.664. The number of methoxy groups -OCH3 is 1. The average molecular weight is 308 g/mol. The van der Waals surface area contributed by atoms with Crippen LogP contribution in [0.4, 0.5) is 0 Å². The van der Waals surface area contributed by atoms with Gasteiger partial charge in [0.2, 0.25) is 5.88 Å². The van der Waals surface area contributed by atoms with Gasteiger partial charge in [-0.15, -0.1) is 0 Å². The second kappa shape index (κ2) is 5.40. The van der Waals surface area contributed by atoms with Crippen LogP contribution in [-0.4, -0.2) is 29.8 Å². The first-order chi connectivity index (χ1) is 10.0. The summed E-state index contributed by atoms with van der Waals surface area (Å²) in [6.45, 7) is 2.29. The number of nitrogens with zero attached hydrogens (tertiary/aromatic N) is 2. The van der Waals surface area contributed by atoms with Crippen molar-refractivity contribution in [3.05, 3.63) is 29.2 Å². The minimum Gasteiger partial charge on any atom is -0.474 e. The molecule has 0 bridgehead atoms. The van der Waals surface area contributed by atoms with Crippen molar-refractivity contribution in [2.24, 2.45) is 5.73 Å². The highest BCUT2D eigenvalue weighted by Gasteiger charge is 2.28. The van der Waals surface area contributed by atoms with Gasteiger partial charge in [-0.05, 0) is 31.2 Å². The van der Waals surface area contributed by atoms with Gasteiger partial charge in [-0.1, -0.05) is 11.6 Å². The summed E-state index contributed by atoms with van der Waals surface area (Å²) >= 11 is 6.04. The predicted molar refractivity (Wildman–Crippen MR) is 81.6 cm³/mol. The zero-order chi connectivity index (χ0) is 15.0. The number of rotatable bonds is 5. The molecule has 6 heteroatoms. The number of hydrogen-bond acceptors (Lipinski definition) is 5. The zero-order valence-corrected chi connectivity index (χ0v) is 12.9. The minimum absolute atomic E-state index is 0.269. The Bertz CT molecular complexity index is 671. The van der Waals surface area contributed by atoms with E-state index in [4.69, 9.17) is 26.8 Å². The molecule has 1 atom stereocenters. The van der Waals surface area contributed by atoms with E-state index < -0.39 is 5.54 Å². The monoisotopic (exact) mass is 307 g/mol. The number of fused-ring (bicyclic) bond motifs is 1. The van der Waals surface area contributed by atoms with E-state index >= 15 is 0 Å². The van der Waals surface area contributed by atoms with Crippen LogP contribution in [0.5, 0.6) is 5.88 Å². The Labute approximate surface area is 128 Å². The third kappa shape index (κ3) is 2.95. The number of halogens is 1. The van der Waals surface area contributed by atoms with E-state index in [1.54, 1.807) is 25.6 Å². The molecule has 0 spiro atoms. The topological polar surface area (TPSA) is 70.3 Å². The van der Waals surface area contributed by atoms with Crippen LogP contribution in [0.25, 0.3) is 10.8 Å². The van der Waals surface area contributed by atoms with Gasteiger partial charge in [0.05, 0.1) is 17.5 Å². The Morgan fingerprint density at radius 1 is 1.33 bits per heavy atom. The molecule has 1 aliphatic carbocycles. The van der Waals surface area contributed by atoms with E-state index in [1.807, 2.05) is 6.92 Å². The number of pyridine rings is 2. The van der Waals surface area contributed by atoms with Crippen molar-refractivity contribution >= 4 is 22.4 Å². The molecule has 1 saturated carbocycles. The molecule has 1 fully saturated rings. The SMILES string of the molecule is COC[C@@](C)(N)c1cnc(OC2CC2)c2cnc(Cl)cc12. The first kappa shape index (κ1) is 14.5. The van der Waals surface area contributed by atoms with E-state index in [0.717, 1.165) is 29.2 Å². The Hall–Kier alpha value is -1.43. The van der Waals surface area contributed by atoms with Gasteiger partial charge >= 0.3 is 0 Å². The summed E-state index contributed by atoms with van der Waals surface area (Å²) in [5, 5.41) is 2.15. The van der Waals surface area contributed by atoms with Crippen molar-refractivity contribution in [2.75, 3.05) is 13.7 Å². The molecule has 0 amide bonds. The normalized spacial score (nSPS) is 17.7.